The van der Waals surface area contributed by atoms with Crippen molar-refractivity contribution in [2.45, 2.75) is 24.5 Å². The molecule has 1 aliphatic rings. The highest BCUT2D eigenvalue weighted by Gasteiger charge is 2.42. The monoisotopic (exact) mass is 336 g/mol. The molecule has 0 unspecified atom stereocenters. The summed E-state index contributed by atoms with van der Waals surface area (Å²) in [6, 6.07) is 6.80. The summed E-state index contributed by atoms with van der Waals surface area (Å²) < 4.78 is 28.9. The first-order chi connectivity index (χ1) is 10.8. The molecule has 1 aliphatic heterocycles. The molecule has 0 spiro atoms. The van der Waals surface area contributed by atoms with E-state index in [1.165, 1.54) is 13.2 Å². The van der Waals surface area contributed by atoms with Crippen molar-refractivity contribution in [2.24, 2.45) is 0 Å². The molecule has 7 heteroatoms. The molecule has 1 aromatic rings. The third kappa shape index (κ3) is 3.71. The Balaban J connectivity index is 2.29. The number of ether oxygens (including phenoxy) is 1. The van der Waals surface area contributed by atoms with Crippen LogP contribution >= 0.6 is 0 Å². The van der Waals surface area contributed by atoms with E-state index in [1.54, 1.807) is 18.2 Å². The number of hydrogen-bond donors (Lipinski definition) is 1. The molecule has 0 aliphatic carbocycles. The standard InChI is InChI=1S/C16H20N2O4S/c1-12(19)13-3-4-14(10-17)15(9-13)18-11-16(23(2,20)21)5-7-22-8-6-16/h3-4,9,18H,5-8,11H2,1-2H3. The Morgan fingerprint density at radius 2 is 2.04 bits per heavy atom. The van der Waals surface area contributed by atoms with E-state index in [0.29, 0.717) is 42.9 Å². The average molecular weight is 336 g/mol. The second-order valence-electron chi connectivity index (χ2n) is 5.85. The largest absolute Gasteiger partial charge is 0.382 e. The van der Waals surface area contributed by atoms with Gasteiger partial charge in [-0.1, -0.05) is 0 Å². The Kier molecular flexibility index (Phi) is 5.07. The number of rotatable bonds is 5. The number of hydrogen-bond acceptors (Lipinski definition) is 6. The molecule has 1 heterocycles. The minimum absolute atomic E-state index is 0.110. The third-order valence-electron chi connectivity index (χ3n) is 4.34. The fourth-order valence-corrected chi connectivity index (χ4v) is 3.93. The van der Waals surface area contributed by atoms with Gasteiger partial charge in [0.25, 0.3) is 0 Å². The Morgan fingerprint density at radius 3 is 2.57 bits per heavy atom. The first-order valence-electron chi connectivity index (χ1n) is 7.35. The second-order valence-corrected chi connectivity index (χ2v) is 8.26. The minimum Gasteiger partial charge on any atom is -0.382 e. The molecular formula is C16H20N2O4S. The number of benzene rings is 1. The van der Waals surface area contributed by atoms with Crippen LogP contribution in [0.25, 0.3) is 0 Å². The van der Waals surface area contributed by atoms with Crippen LogP contribution in [0.1, 0.15) is 35.7 Å². The Labute approximate surface area is 136 Å². The van der Waals surface area contributed by atoms with Crippen molar-refractivity contribution in [3.63, 3.8) is 0 Å². The number of nitrogens with zero attached hydrogens (tertiary/aromatic N) is 1. The fourth-order valence-electron chi connectivity index (χ4n) is 2.69. The van der Waals surface area contributed by atoms with E-state index >= 15 is 0 Å². The number of ketones is 1. The van der Waals surface area contributed by atoms with E-state index in [9.17, 15) is 18.5 Å². The molecule has 0 saturated carbocycles. The van der Waals surface area contributed by atoms with Crippen molar-refractivity contribution in [3.8, 4) is 6.07 Å². The van der Waals surface area contributed by atoms with Gasteiger partial charge in [-0.3, -0.25) is 4.79 Å². The van der Waals surface area contributed by atoms with Gasteiger partial charge in [-0.15, -0.1) is 0 Å². The highest BCUT2D eigenvalue weighted by molar-refractivity contribution is 7.92. The Hall–Kier alpha value is -1.91. The number of Topliss-reactive ketones (excluding diaryl/α,β-unsaturated/α-hetero) is 1. The summed E-state index contributed by atoms with van der Waals surface area (Å²) in [4.78, 5) is 11.5. The van der Waals surface area contributed by atoms with Gasteiger partial charge < -0.3 is 10.1 Å². The quantitative estimate of drug-likeness (QED) is 0.823. The molecule has 6 nitrogen and oxygen atoms in total. The van der Waals surface area contributed by atoms with Crippen LogP contribution in [-0.4, -0.2) is 45.0 Å². The van der Waals surface area contributed by atoms with Gasteiger partial charge in [0.15, 0.2) is 15.6 Å². The highest BCUT2D eigenvalue weighted by Crippen LogP contribution is 2.30. The third-order valence-corrected chi connectivity index (χ3v) is 6.46. The molecular weight excluding hydrogens is 316 g/mol. The average Bonchev–Trinajstić information content (AvgIpc) is 2.52. The van der Waals surface area contributed by atoms with Crippen LogP contribution in [-0.2, 0) is 14.6 Å². The summed E-state index contributed by atoms with van der Waals surface area (Å²) in [5.41, 5.74) is 1.34. The molecule has 1 saturated heterocycles. The molecule has 1 aromatic carbocycles. The number of carbonyl (C=O) groups is 1. The minimum atomic E-state index is -3.30. The molecule has 0 bridgehead atoms. The molecule has 2 rings (SSSR count). The zero-order valence-corrected chi connectivity index (χ0v) is 14.1. The number of sulfone groups is 1. The molecule has 124 valence electrons. The molecule has 1 fully saturated rings. The smallest absolute Gasteiger partial charge is 0.159 e. The number of anilines is 1. The van der Waals surface area contributed by atoms with Crippen LogP contribution < -0.4 is 5.32 Å². The maximum absolute atomic E-state index is 12.2. The predicted octanol–water partition coefficient (Wildman–Crippen LogP) is 1.77. The van der Waals surface area contributed by atoms with Crippen molar-refractivity contribution in [3.05, 3.63) is 29.3 Å². The van der Waals surface area contributed by atoms with E-state index < -0.39 is 14.6 Å². The lowest BCUT2D eigenvalue weighted by Gasteiger charge is -2.35. The number of carbonyl (C=O) groups excluding carboxylic acids is 1. The molecule has 0 atom stereocenters. The first kappa shape index (κ1) is 17.4. The van der Waals surface area contributed by atoms with Gasteiger partial charge in [0, 0.05) is 31.6 Å². The van der Waals surface area contributed by atoms with Gasteiger partial charge in [-0.05, 0) is 38.0 Å². The van der Waals surface area contributed by atoms with Crippen molar-refractivity contribution >= 4 is 21.3 Å². The number of nitrogens with one attached hydrogen (secondary N) is 1. The normalized spacial score (nSPS) is 17.3. The maximum Gasteiger partial charge on any atom is 0.159 e. The molecule has 23 heavy (non-hydrogen) atoms. The van der Waals surface area contributed by atoms with Crippen LogP contribution in [0.4, 0.5) is 5.69 Å². The van der Waals surface area contributed by atoms with E-state index in [-0.39, 0.29) is 12.3 Å². The van der Waals surface area contributed by atoms with E-state index in [0.717, 1.165) is 0 Å². The summed E-state index contributed by atoms with van der Waals surface area (Å²) in [5, 5.41) is 12.3. The fraction of sp³-hybridized carbons (Fsp3) is 0.500. The predicted molar refractivity (Wildman–Crippen MR) is 87.3 cm³/mol. The van der Waals surface area contributed by atoms with Crippen molar-refractivity contribution in [2.75, 3.05) is 31.3 Å². The van der Waals surface area contributed by atoms with Crippen molar-refractivity contribution < 1.29 is 17.9 Å². The Morgan fingerprint density at radius 1 is 1.39 bits per heavy atom. The summed E-state index contributed by atoms with van der Waals surface area (Å²) in [5.74, 6) is -0.110. The molecule has 0 amide bonds. The first-order valence-corrected chi connectivity index (χ1v) is 9.24. The Bertz CT molecular complexity index is 744. The zero-order valence-electron chi connectivity index (χ0n) is 13.3. The summed E-state index contributed by atoms with van der Waals surface area (Å²) in [6.45, 7) is 2.42. The van der Waals surface area contributed by atoms with Gasteiger partial charge in [0.2, 0.25) is 0 Å². The topological polar surface area (TPSA) is 96.3 Å². The SMILES string of the molecule is CC(=O)c1ccc(C#N)c(NCC2(S(C)(=O)=O)CCOCC2)c1. The lowest BCUT2D eigenvalue weighted by molar-refractivity contribution is 0.0777. The van der Waals surface area contributed by atoms with Gasteiger partial charge >= 0.3 is 0 Å². The maximum atomic E-state index is 12.2. The van der Waals surface area contributed by atoms with Crippen LogP contribution in [0.3, 0.4) is 0 Å². The summed E-state index contributed by atoms with van der Waals surface area (Å²) in [6.07, 6.45) is 2.05. The van der Waals surface area contributed by atoms with Crippen molar-refractivity contribution in [1.82, 2.24) is 0 Å². The summed E-state index contributed by atoms with van der Waals surface area (Å²) in [7, 11) is -3.30. The summed E-state index contributed by atoms with van der Waals surface area (Å²) >= 11 is 0. The van der Waals surface area contributed by atoms with Crippen LogP contribution in [0.2, 0.25) is 0 Å². The van der Waals surface area contributed by atoms with E-state index in [1.807, 2.05) is 0 Å². The van der Waals surface area contributed by atoms with Gasteiger partial charge in [0.05, 0.1) is 16.0 Å². The van der Waals surface area contributed by atoms with Crippen LogP contribution in [0.15, 0.2) is 18.2 Å². The second kappa shape index (κ2) is 6.69. The highest BCUT2D eigenvalue weighted by atomic mass is 32.2. The van der Waals surface area contributed by atoms with Crippen LogP contribution in [0.5, 0.6) is 0 Å². The van der Waals surface area contributed by atoms with E-state index in [2.05, 4.69) is 11.4 Å². The molecule has 0 aromatic heterocycles. The molecule has 0 radical (unpaired) electrons. The van der Waals surface area contributed by atoms with E-state index in [4.69, 9.17) is 4.74 Å². The zero-order chi connectivity index (χ0) is 17.1. The van der Waals surface area contributed by atoms with Crippen molar-refractivity contribution in [1.29, 1.82) is 5.26 Å². The lowest BCUT2D eigenvalue weighted by Crippen LogP contribution is -2.48. The lowest BCUT2D eigenvalue weighted by atomic mass is 9.98. The van der Waals surface area contributed by atoms with Gasteiger partial charge in [-0.2, -0.15) is 5.26 Å². The van der Waals surface area contributed by atoms with Crippen LogP contribution in [0, 0.1) is 11.3 Å². The van der Waals surface area contributed by atoms with Gasteiger partial charge in [0.1, 0.15) is 6.07 Å². The van der Waals surface area contributed by atoms with Gasteiger partial charge in [-0.25, -0.2) is 8.42 Å². The molecule has 1 N–H and O–H groups in total. The number of nitriles is 1.